The summed E-state index contributed by atoms with van der Waals surface area (Å²) in [6.07, 6.45) is 3.90. The molecular formula is C11H18N2O. The maximum atomic E-state index is 11.3. The van der Waals surface area contributed by atoms with E-state index < -0.39 is 0 Å². The number of likely N-dealkylation sites (tertiary alicyclic amines) is 2. The average Bonchev–Trinajstić information content (AvgIpc) is 2.15. The molecule has 2 saturated heterocycles. The summed E-state index contributed by atoms with van der Waals surface area (Å²) >= 11 is 0. The quantitative estimate of drug-likeness (QED) is 0.574. The van der Waals surface area contributed by atoms with Crippen LogP contribution in [0.3, 0.4) is 0 Å². The predicted molar refractivity (Wildman–Crippen MR) is 55.9 cm³/mol. The lowest BCUT2D eigenvalue weighted by molar-refractivity contribution is -0.141. The Morgan fingerprint density at radius 1 is 1.36 bits per heavy atom. The Morgan fingerprint density at radius 3 is 2.43 bits per heavy atom. The molecule has 0 aromatic heterocycles. The molecule has 2 aliphatic rings. The van der Waals surface area contributed by atoms with E-state index >= 15 is 0 Å². The van der Waals surface area contributed by atoms with E-state index in [1.165, 1.54) is 32.0 Å². The van der Waals surface area contributed by atoms with Gasteiger partial charge in [0, 0.05) is 18.5 Å². The second-order valence-electron chi connectivity index (χ2n) is 4.70. The van der Waals surface area contributed by atoms with Crippen LogP contribution in [-0.2, 0) is 4.79 Å². The van der Waals surface area contributed by atoms with Crippen LogP contribution in [0, 0.1) is 5.41 Å². The van der Waals surface area contributed by atoms with Crippen molar-refractivity contribution in [3.05, 3.63) is 12.7 Å². The minimum absolute atomic E-state index is 0.0922. The molecule has 0 unspecified atom stereocenters. The Bertz CT molecular complexity index is 246. The van der Waals surface area contributed by atoms with Gasteiger partial charge in [-0.25, -0.2) is 0 Å². The molecule has 0 aliphatic carbocycles. The average molecular weight is 194 g/mol. The molecule has 2 rings (SSSR count). The third kappa shape index (κ3) is 1.57. The topological polar surface area (TPSA) is 23.6 Å². The smallest absolute Gasteiger partial charge is 0.245 e. The maximum absolute atomic E-state index is 11.3. The van der Waals surface area contributed by atoms with Gasteiger partial charge in [-0.3, -0.25) is 4.79 Å². The standard InChI is InChI=1S/C11H18N2O/c1-3-10(14)13-8-11(9-13)4-6-12(2)7-5-11/h3H,1,4-9H2,2H3. The number of nitrogens with zero attached hydrogens (tertiary/aromatic N) is 2. The van der Waals surface area contributed by atoms with Crippen LogP contribution in [0.25, 0.3) is 0 Å². The lowest BCUT2D eigenvalue weighted by Gasteiger charge is -2.53. The number of hydrogen-bond donors (Lipinski definition) is 0. The van der Waals surface area contributed by atoms with Gasteiger partial charge in [0.2, 0.25) is 5.91 Å². The van der Waals surface area contributed by atoms with Gasteiger partial charge in [-0.2, -0.15) is 0 Å². The first-order chi connectivity index (χ1) is 6.65. The summed E-state index contributed by atoms with van der Waals surface area (Å²) < 4.78 is 0. The highest BCUT2D eigenvalue weighted by Gasteiger charge is 2.45. The highest BCUT2D eigenvalue weighted by Crippen LogP contribution is 2.39. The number of carbonyl (C=O) groups excluding carboxylic acids is 1. The summed E-state index contributed by atoms with van der Waals surface area (Å²) in [5, 5.41) is 0. The minimum Gasteiger partial charge on any atom is -0.338 e. The molecule has 0 atom stereocenters. The van der Waals surface area contributed by atoms with Crippen LogP contribution in [0.2, 0.25) is 0 Å². The number of carbonyl (C=O) groups is 1. The second-order valence-corrected chi connectivity index (χ2v) is 4.70. The van der Waals surface area contributed by atoms with Gasteiger partial charge in [0.25, 0.3) is 0 Å². The zero-order valence-electron chi connectivity index (χ0n) is 8.83. The van der Waals surface area contributed by atoms with Crippen molar-refractivity contribution in [2.45, 2.75) is 12.8 Å². The summed E-state index contributed by atoms with van der Waals surface area (Å²) in [5.74, 6) is 0.0922. The number of rotatable bonds is 1. The van der Waals surface area contributed by atoms with E-state index in [2.05, 4.69) is 18.5 Å². The Kier molecular flexibility index (Phi) is 2.35. The minimum atomic E-state index is 0.0922. The van der Waals surface area contributed by atoms with E-state index in [0.29, 0.717) is 5.41 Å². The molecule has 1 spiro atoms. The summed E-state index contributed by atoms with van der Waals surface area (Å²) in [7, 11) is 2.16. The van der Waals surface area contributed by atoms with Crippen molar-refractivity contribution in [1.29, 1.82) is 0 Å². The van der Waals surface area contributed by atoms with Crippen molar-refractivity contribution in [2.75, 3.05) is 33.2 Å². The first-order valence-electron chi connectivity index (χ1n) is 5.25. The van der Waals surface area contributed by atoms with Gasteiger partial charge < -0.3 is 9.80 Å². The summed E-state index contributed by atoms with van der Waals surface area (Å²) in [4.78, 5) is 15.5. The molecule has 2 fully saturated rings. The summed E-state index contributed by atoms with van der Waals surface area (Å²) in [5.41, 5.74) is 0.450. The van der Waals surface area contributed by atoms with Crippen molar-refractivity contribution in [1.82, 2.24) is 9.80 Å². The van der Waals surface area contributed by atoms with Gasteiger partial charge in [0.15, 0.2) is 0 Å². The van der Waals surface area contributed by atoms with Gasteiger partial charge in [-0.1, -0.05) is 6.58 Å². The number of hydrogen-bond acceptors (Lipinski definition) is 2. The van der Waals surface area contributed by atoms with Crippen LogP contribution in [0.15, 0.2) is 12.7 Å². The number of amides is 1. The fourth-order valence-corrected chi connectivity index (χ4v) is 2.46. The molecule has 2 heterocycles. The first kappa shape index (κ1) is 9.71. The summed E-state index contributed by atoms with van der Waals surface area (Å²) in [6, 6.07) is 0. The SMILES string of the molecule is C=CC(=O)N1CC2(CCN(C)CC2)C1. The molecule has 14 heavy (non-hydrogen) atoms. The van der Waals surface area contributed by atoms with Gasteiger partial charge >= 0.3 is 0 Å². The Labute approximate surface area is 85.4 Å². The van der Waals surface area contributed by atoms with Gasteiger partial charge in [0.1, 0.15) is 0 Å². The molecule has 0 aromatic rings. The lowest BCUT2D eigenvalue weighted by Crippen LogP contribution is -2.61. The maximum Gasteiger partial charge on any atom is 0.245 e. The normalized spacial score (nSPS) is 25.9. The Hall–Kier alpha value is -0.830. The van der Waals surface area contributed by atoms with Crippen molar-refractivity contribution >= 4 is 5.91 Å². The van der Waals surface area contributed by atoms with E-state index in [0.717, 1.165) is 13.1 Å². The third-order valence-electron chi connectivity index (χ3n) is 3.59. The molecule has 3 heteroatoms. The van der Waals surface area contributed by atoms with Crippen LogP contribution in [0.5, 0.6) is 0 Å². The molecule has 0 saturated carbocycles. The molecule has 1 amide bonds. The fraction of sp³-hybridized carbons (Fsp3) is 0.727. The molecule has 0 bridgehead atoms. The largest absolute Gasteiger partial charge is 0.338 e. The molecule has 0 radical (unpaired) electrons. The van der Waals surface area contributed by atoms with Crippen molar-refractivity contribution in [2.24, 2.45) is 5.41 Å². The Balaban J connectivity index is 1.86. The van der Waals surface area contributed by atoms with E-state index in [4.69, 9.17) is 0 Å². The lowest BCUT2D eigenvalue weighted by atomic mass is 9.72. The van der Waals surface area contributed by atoms with Crippen molar-refractivity contribution in [3.63, 3.8) is 0 Å². The molecule has 2 aliphatic heterocycles. The predicted octanol–water partition coefficient (Wildman–Crippen LogP) is 0.727. The van der Waals surface area contributed by atoms with E-state index in [-0.39, 0.29) is 5.91 Å². The van der Waals surface area contributed by atoms with E-state index in [9.17, 15) is 4.79 Å². The molecular weight excluding hydrogens is 176 g/mol. The first-order valence-corrected chi connectivity index (χ1v) is 5.25. The van der Waals surface area contributed by atoms with Gasteiger partial charge in [0.05, 0.1) is 0 Å². The highest BCUT2D eigenvalue weighted by molar-refractivity contribution is 5.87. The highest BCUT2D eigenvalue weighted by atomic mass is 16.2. The molecule has 3 nitrogen and oxygen atoms in total. The van der Waals surface area contributed by atoms with Gasteiger partial charge in [-0.15, -0.1) is 0 Å². The van der Waals surface area contributed by atoms with Crippen LogP contribution < -0.4 is 0 Å². The van der Waals surface area contributed by atoms with E-state index in [1.54, 1.807) is 0 Å². The second kappa shape index (κ2) is 3.39. The molecule has 78 valence electrons. The molecule has 0 N–H and O–H groups in total. The zero-order chi connectivity index (χ0) is 10.2. The zero-order valence-corrected chi connectivity index (χ0v) is 8.83. The number of piperidine rings is 1. The van der Waals surface area contributed by atoms with Crippen LogP contribution >= 0.6 is 0 Å². The van der Waals surface area contributed by atoms with Crippen LogP contribution in [0.4, 0.5) is 0 Å². The molecule has 0 aromatic carbocycles. The van der Waals surface area contributed by atoms with Crippen LogP contribution in [0.1, 0.15) is 12.8 Å². The van der Waals surface area contributed by atoms with Crippen molar-refractivity contribution < 1.29 is 4.79 Å². The van der Waals surface area contributed by atoms with Gasteiger partial charge in [-0.05, 0) is 39.1 Å². The van der Waals surface area contributed by atoms with Crippen LogP contribution in [-0.4, -0.2) is 48.9 Å². The van der Waals surface area contributed by atoms with Crippen molar-refractivity contribution in [3.8, 4) is 0 Å². The third-order valence-corrected chi connectivity index (χ3v) is 3.59. The Morgan fingerprint density at radius 2 is 1.93 bits per heavy atom. The fourth-order valence-electron chi connectivity index (χ4n) is 2.46. The van der Waals surface area contributed by atoms with E-state index in [1.807, 2.05) is 4.90 Å². The summed E-state index contributed by atoms with van der Waals surface area (Å²) in [6.45, 7) is 7.76. The monoisotopic (exact) mass is 194 g/mol.